The summed E-state index contributed by atoms with van der Waals surface area (Å²) in [6, 6.07) is 5.89. The second-order valence-electron chi connectivity index (χ2n) is 8.07. The van der Waals surface area contributed by atoms with Crippen LogP contribution in [0.4, 0.5) is 4.39 Å². The molecule has 2 heterocycles. The molecule has 1 amide bonds. The van der Waals surface area contributed by atoms with Crippen molar-refractivity contribution in [2.24, 2.45) is 11.3 Å². The van der Waals surface area contributed by atoms with E-state index in [4.69, 9.17) is 4.74 Å². The van der Waals surface area contributed by atoms with Crippen molar-refractivity contribution in [2.75, 3.05) is 45.9 Å². The molecule has 3 aliphatic rings. The van der Waals surface area contributed by atoms with Gasteiger partial charge in [-0.2, -0.15) is 0 Å². The predicted octanol–water partition coefficient (Wildman–Crippen LogP) is 2.79. The number of carbonyl (C=O) groups is 1. The van der Waals surface area contributed by atoms with Crippen LogP contribution in [0.1, 0.15) is 36.0 Å². The molecule has 2 aliphatic heterocycles. The number of nitrogens with zero attached hydrogens (tertiary/aromatic N) is 2. The van der Waals surface area contributed by atoms with Gasteiger partial charge < -0.3 is 14.5 Å². The maximum Gasteiger partial charge on any atom is 0.253 e. The van der Waals surface area contributed by atoms with Crippen LogP contribution in [0.3, 0.4) is 0 Å². The lowest BCUT2D eigenvalue weighted by Crippen LogP contribution is -2.52. The molecule has 4 nitrogen and oxygen atoms in total. The molecule has 2 saturated heterocycles. The number of hydrogen-bond acceptors (Lipinski definition) is 3. The van der Waals surface area contributed by atoms with Gasteiger partial charge in [-0.1, -0.05) is 0 Å². The zero-order chi connectivity index (χ0) is 17.3. The summed E-state index contributed by atoms with van der Waals surface area (Å²) in [4.78, 5) is 17.3. The van der Waals surface area contributed by atoms with Crippen molar-refractivity contribution in [3.05, 3.63) is 35.6 Å². The largest absolute Gasteiger partial charge is 0.379 e. The highest BCUT2D eigenvalue weighted by Crippen LogP contribution is 2.36. The Labute approximate surface area is 148 Å². The molecular formula is C20H27FN2O2. The van der Waals surface area contributed by atoms with Crippen LogP contribution in [0, 0.1) is 17.2 Å². The third-order valence-electron chi connectivity index (χ3n) is 5.77. The van der Waals surface area contributed by atoms with E-state index >= 15 is 0 Å². The second kappa shape index (κ2) is 7.04. The van der Waals surface area contributed by atoms with Crippen molar-refractivity contribution < 1.29 is 13.9 Å². The highest BCUT2D eigenvalue weighted by molar-refractivity contribution is 5.94. The summed E-state index contributed by atoms with van der Waals surface area (Å²) in [5.74, 6) is 0.576. The number of ether oxygens (including phenoxy) is 1. The highest BCUT2D eigenvalue weighted by atomic mass is 19.1. The van der Waals surface area contributed by atoms with E-state index in [1.165, 1.54) is 31.5 Å². The monoisotopic (exact) mass is 346 g/mol. The van der Waals surface area contributed by atoms with Gasteiger partial charge in [-0.25, -0.2) is 4.39 Å². The van der Waals surface area contributed by atoms with E-state index in [0.717, 1.165) is 58.2 Å². The maximum atomic E-state index is 13.1. The van der Waals surface area contributed by atoms with E-state index in [2.05, 4.69) is 4.90 Å². The van der Waals surface area contributed by atoms with Crippen LogP contribution >= 0.6 is 0 Å². The van der Waals surface area contributed by atoms with Crippen molar-refractivity contribution in [3.63, 3.8) is 0 Å². The van der Waals surface area contributed by atoms with Gasteiger partial charge in [0.1, 0.15) is 5.82 Å². The molecule has 4 rings (SSSR count). The summed E-state index contributed by atoms with van der Waals surface area (Å²) in [6.45, 7) is 6.25. The molecule has 1 atom stereocenters. The molecule has 1 spiro atoms. The van der Waals surface area contributed by atoms with Gasteiger partial charge in [0.05, 0.1) is 13.2 Å². The van der Waals surface area contributed by atoms with Crippen LogP contribution in [0.2, 0.25) is 0 Å². The van der Waals surface area contributed by atoms with Crippen molar-refractivity contribution in [1.82, 2.24) is 9.80 Å². The number of piperidine rings is 1. The lowest BCUT2D eigenvalue weighted by Gasteiger charge is -2.43. The number of rotatable bonds is 3. The van der Waals surface area contributed by atoms with E-state index in [0.29, 0.717) is 5.56 Å². The van der Waals surface area contributed by atoms with Crippen molar-refractivity contribution in [2.45, 2.75) is 25.7 Å². The van der Waals surface area contributed by atoms with Gasteiger partial charge in [0.15, 0.2) is 0 Å². The molecular weight excluding hydrogens is 319 g/mol. The number of likely N-dealkylation sites (tertiary alicyclic amines) is 1. The fourth-order valence-electron chi connectivity index (χ4n) is 4.31. The number of carbonyl (C=O) groups excluding carboxylic acids is 1. The maximum absolute atomic E-state index is 13.1. The lowest BCUT2D eigenvalue weighted by molar-refractivity contribution is 0.00717. The Morgan fingerprint density at radius 3 is 2.76 bits per heavy atom. The third-order valence-corrected chi connectivity index (χ3v) is 5.77. The van der Waals surface area contributed by atoms with Gasteiger partial charge in [-0.15, -0.1) is 0 Å². The summed E-state index contributed by atoms with van der Waals surface area (Å²) in [7, 11) is 0. The minimum atomic E-state index is -0.306. The number of amides is 1. The van der Waals surface area contributed by atoms with Crippen LogP contribution in [0.5, 0.6) is 0 Å². The number of hydrogen-bond donors (Lipinski definition) is 0. The van der Waals surface area contributed by atoms with Gasteiger partial charge in [-0.05, 0) is 55.9 Å². The van der Waals surface area contributed by atoms with E-state index < -0.39 is 0 Å². The quantitative estimate of drug-likeness (QED) is 0.844. The predicted molar refractivity (Wildman–Crippen MR) is 94.0 cm³/mol. The molecule has 0 aromatic heterocycles. The zero-order valence-electron chi connectivity index (χ0n) is 14.8. The van der Waals surface area contributed by atoms with E-state index in [-0.39, 0.29) is 17.1 Å². The molecule has 25 heavy (non-hydrogen) atoms. The SMILES string of the molecule is O=C(c1ccc(F)cc1)N1CCCC2(COCCN(CC3CC3)C2)C1. The molecule has 0 bridgehead atoms. The zero-order valence-corrected chi connectivity index (χ0v) is 14.8. The van der Waals surface area contributed by atoms with E-state index in [1.54, 1.807) is 12.1 Å². The van der Waals surface area contributed by atoms with Gasteiger partial charge in [0.2, 0.25) is 0 Å². The fourth-order valence-corrected chi connectivity index (χ4v) is 4.31. The Morgan fingerprint density at radius 1 is 1.20 bits per heavy atom. The standard InChI is InChI=1S/C20H27FN2O2/c21-18-6-4-17(5-7-18)19(24)23-9-1-8-20(14-23)13-22(10-11-25-15-20)12-16-2-3-16/h4-7,16H,1-3,8-15H2. The van der Waals surface area contributed by atoms with Crippen molar-refractivity contribution >= 4 is 5.91 Å². The average Bonchev–Trinajstić information content (AvgIpc) is 3.44. The van der Waals surface area contributed by atoms with Crippen LogP contribution in [-0.4, -0.2) is 61.6 Å². The first-order valence-electron chi connectivity index (χ1n) is 9.49. The average molecular weight is 346 g/mol. The van der Waals surface area contributed by atoms with Gasteiger partial charge in [0.25, 0.3) is 5.91 Å². The van der Waals surface area contributed by atoms with Crippen LogP contribution < -0.4 is 0 Å². The summed E-state index contributed by atoms with van der Waals surface area (Å²) in [6.07, 6.45) is 4.84. The Morgan fingerprint density at radius 2 is 2.00 bits per heavy atom. The van der Waals surface area contributed by atoms with Crippen LogP contribution in [0.25, 0.3) is 0 Å². The Bertz CT molecular complexity index is 617. The molecule has 0 radical (unpaired) electrons. The summed E-state index contributed by atoms with van der Waals surface area (Å²) in [5, 5.41) is 0. The first kappa shape index (κ1) is 17.0. The molecule has 1 aromatic carbocycles. The molecule has 136 valence electrons. The second-order valence-corrected chi connectivity index (χ2v) is 8.07. The minimum absolute atomic E-state index is 0.0112. The minimum Gasteiger partial charge on any atom is -0.379 e. The van der Waals surface area contributed by atoms with Crippen LogP contribution in [-0.2, 0) is 4.74 Å². The molecule has 3 fully saturated rings. The normalized spacial score (nSPS) is 28.1. The molecule has 0 N–H and O–H groups in total. The molecule has 1 aromatic rings. The topological polar surface area (TPSA) is 32.8 Å². The van der Waals surface area contributed by atoms with Crippen molar-refractivity contribution in [3.8, 4) is 0 Å². The summed E-state index contributed by atoms with van der Waals surface area (Å²) in [5.41, 5.74) is 0.613. The Kier molecular flexibility index (Phi) is 4.78. The highest BCUT2D eigenvalue weighted by Gasteiger charge is 2.41. The third kappa shape index (κ3) is 4.04. The number of halogens is 1. The van der Waals surface area contributed by atoms with E-state index in [1.807, 2.05) is 4.90 Å². The Balaban J connectivity index is 1.46. The summed E-state index contributed by atoms with van der Waals surface area (Å²) < 4.78 is 19.1. The first-order valence-corrected chi connectivity index (χ1v) is 9.49. The van der Waals surface area contributed by atoms with Crippen molar-refractivity contribution in [1.29, 1.82) is 0 Å². The molecule has 1 unspecified atom stereocenters. The number of benzene rings is 1. The smallest absolute Gasteiger partial charge is 0.253 e. The molecule has 5 heteroatoms. The lowest BCUT2D eigenvalue weighted by atomic mass is 9.79. The summed E-state index contributed by atoms with van der Waals surface area (Å²) >= 11 is 0. The van der Waals surface area contributed by atoms with Gasteiger partial charge >= 0.3 is 0 Å². The fraction of sp³-hybridized carbons (Fsp3) is 0.650. The van der Waals surface area contributed by atoms with Gasteiger partial charge in [0, 0.05) is 43.7 Å². The van der Waals surface area contributed by atoms with E-state index in [9.17, 15) is 9.18 Å². The van der Waals surface area contributed by atoms with Crippen LogP contribution in [0.15, 0.2) is 24.3 Å². The molecule has 1 saturated carbocycles. The van der Waals surface area contributed by atoms with Gasteiger partial charge in [-0.3, -0.25) is 4.79 Å². The first-order chi connectivity index (χ1) is 12.1. The Hall–Kier alpha value is -1.46. The molecule has 1 aliphatic carbocycles.